The third-order valence-electron chi connectivity index (χ3n) is 1.95. The minimum atomic E-state index is -0.596. The first-order valence-electron chi connectivity index (χ1n) is 4.00. The molecular formula is C9H10NO4. The molecule has 0 atom stereocenters. The molecule has 0 aliphatic heterocycles. The van der Waals surface area contributed by atoms with Gasteiger partial charge in [-0.3, -0.25) is 10.1 Å². The van der Waals surface area contributed by atoms with E-state index in [1.165, 1.54) is 19.2 Å². The van der Waals surface area contributed by atoms with Gasteiger partial charge in [-0.15, -0.1) is 0 Å². The Bertz CT molecular complexity index is 362. The molecule has 0 saturated heterocycles. The van der Waals surface area contributed by atoms with E-state index in [2.05, 4.69) is 0 Å². The molecule has 0 heterocycles. The smallest absolute Gasteiger partial charge is 0.278 e. The highest BCUT2D eigenvalue weighted by Gasteiger charge is 2.16. The van der Waals surface area contributed by atoms with Crippen molar-refractivity contribution in [2.45, 2.75) is 13.5 Å². The van der Waals surface area contributed by atoms with Gasteiger partial charge in [-0.2, -0.15) is 0 Å². The zero-order chi connectivity index (χ0) is 10.7. The van der Waals surface area contributed by atoms with Crippen molar-refractivity contribution in [3.8, 4) is 5.75 Å². The zero-order valence-electron chi connectivity index (χ0n) is 7.94. The molecule has 0 saturated carbocycles. The lowest BCUT2D eigenvalue weighted by Gasteiger charge is -2.06. The Morgan fingerprint density at radius 2 is 2.14 bits per heavy atom. The average molecular weight is 196 g/mol. The first-order chi connectivity index (χ1) is 6.60. The summed E-state index contributed by atoms with van der Waals surface area (Å²) in [6, 6.07) is 2.77. The van der Waals surface area contributed by atoms with Gasteiger partial charge in [0.25, 0.3) is 5.69 Å². The molecule has 0 fully saturated rings. The van der Waals surface area contributed by atoms with Crippen LogP contribution in [-0.4, -0.2) is 12.0 Å². The normalized spacial score (nSPS) is 9.93. The van der Waals surface area contributed by atoms with Gasteiger partial charge in [0, 0.05) is 0 Å². The maximum atomic E-state index is 10.7. The van der Waals surface area contributed by atoms with E-state index in [0.29, 0.717) is 5.75 Å². The van der Waals surface area contributed by atoms with Crippen molar-refractivity contribution in [2.75, 3.05) is 7.11 Å². The number of benzene rings is 1. The Hall–Kier alpha value is -1.62. The van der Waals surface area contributed by atoms with E-state index in [4.69, 9.17) is 4.74 Å². The monoisotopic (exact) mass is 196 g/mol. The van der Waals surface area contributed by atoms with Crippen LogP contribution in [0.2, 0.25) is 0 Å². The lowest BCUT2D eigenvalue weighted by molar-refractivity contribution is -0.386. The molecule has 5 nitrogen and oxygen atoms in total. The molecule has 75 valence electrons. The summed E-state index contributed by atoms with van der Waals surface area (Å²) in [4.78, 5) is 10.00. The van der Waals surface area contributed by atoms with Crippen LogP contribution in [0.15, 0.2) is 12.1 Å². The van der Waals surface area contributed by atoms with Gasteiger partial charge in [-0.25, -0.2) is 5.11 Å². The summed E-state index contributed by atoms with van der Waals surface area (Å²) >= 11 is 0. The van der Waals surface area contributed by atoms with Gasteiger partial charge in [0.1, 0.15) is 12.4 Å². The van der Waals surface area contributed by atoms with Crippen LogP contribution in [-0.2, 0) is 11.7 Å². The fraction of sp³-hybridized carbons (Fsp3) is 0.333. The van der Waals surface area contributed by atoms with Crippen molar-refractivity contribution < 1.29 is 14.8 Å². The van der Waals surface area contributed by atoms with E-state index in [9.17, 15) is 15.2 Å². The van der Waals surface area contributed by atoms with E-state index < -0.39 is 11.5 Å². The summed E-state index contributed by atoms with van der Waals surface area (Å²) in [6.07, 6.45) is 0. The fourth-order valence-corrected chi connectivity index (χ4v) is 1.24. The number of methoxy groups -OCH3 is 1. The molecule has 0 aliphatic carbocycles. The second-order valence-corrected chi connectivity index (χ2v) is 2.85. The van der Waals surface area contributed by atoms with Crippen LogP contribution < -0.4 is 4.74 Å². The number of nitrogens with zero attached hydrogens (tertiary/aromatic N) is 1. The number of nitro benzene ring substituents is 1. The number of rotatable bonds is 3. The third-order valence-corrected chi connectivity index (χ3v) is 1.95. The molecule has 0 unspecified atom stereocenters. The summed E-state index contributed by atoms with van der Waals surface area (Å²) < 4.78 is 4.93. The molecule has 5 heteroatoms. The van der Waals surface area contributed by atoms with Crippen molar-refractivity contribution in [2.24, 2.45) is 0 Å². The number of hydrogen-bond donors (Lipinski definition) is 0. The number of nitro groups is 1. The summed E-state index contributed by atoms with van der Waals surface area (Å²) in [5.41, 5.74) is 0.736. The molecule has 0 spiro atoms. The van der Waals surface area contributed by atoms with Gasteiger partial charge >= 0.3 is 0 Å². The standard InChI is InChI=1S/C9H10NO4/c1-6-3-7(5-11)8(10(12)13)4-9(6)14-2/h3-4H,5H2,1-2H3. The molecule has 14 heavy (non-hydrogen) atoms. The van der Waals surface area contributed by atoms with Crippen LogP contribution in [0.3, 0.4) is 0 Å². The highest BCUT2D eigenvalue weighted by Crippen LogP contribution is 2.28. The SMILES string of the molecule is COc1cc([N+](=O)[O-])c(C[O])cc1C. The first kappa shape index (κ1) is 10.5. The van der Waals surface area contributed by atoms with Crippen molar-refractivity contribution in [3.05, 3.63) is 33.4 Å². The number of ether oxygens (including phenoxy) is 1. The highest BCUT2D eigenvalue weighted by atomic mass is 16.6. The zero-order valence-corrected chi connectivity index (χ0v) is 7.94. The molecule has 0 bridgehead atoms. The molecular weight excluding hydrogens is 186 g/mol. The Kier molecular flexibility index (Phi) is 3.03. The summed E-state index contributed by atoms with van der Waals surface area (Å²) in [5.74, 6) is 0.425. The molecule has 0 amide bonds. The second kappa shape index (κ2) is 4.06. The van der Waals surface area contributed by atoms with Crippen molar-refractivity contribution in [3.63, 3.8) is 0 Å². The lowest BCUT2D eigenvalue weighted by atomic mass is 10.1. The van der Waals surface area contributed by atoms with Gasteiger partial charge < -0.3 is 4.74 Å². The quantitative estimate of drug-likeness (QED) is 0.547. The lowest BCUT2D eigenvalue weighted by Crippen LogP contribution is -1.97. The van der Waals surface area contributed by atoms with Crippen LogP contribution in [0.25, 0.3) is 0 Å². The number of hydrogen-bond acceptors (Lipinski definition) is 3. The van der Waals surface area contributed by atoms with Crippen LogP contribution in [0.4, 0.5) is 5.69 Å². The summed E-state index contributed by atoms with van der Waals surface area (Å²) in [5, 5.41) is 21.2. The average Bonchev–Trinajstić information content (AvgIpc) is 2.16. The highest BCUT2D eigenvalue weighted by molar-refractivity contribution is 5.49. The molecule has 0 aromatic heterocycles. The molecule has 1 rings (SSSR count). The van der Waals surface area contributed by atoms with Crippen molar-refractivity contribution in [1.82, 2.24) is 0 Å². The van der Waals surface area contributed by atoms with E-state index in [-0.39, 0.29) is 11.3 Å². The Balaban J connectivity index is 3.32. The largest absolute Gasteiger partial charge is 0.496 e. The van der Waals surface area contributed by atoms with Crippen molar-refractivity contribution in [1.29, 1.82) is 0 Å². The minimum absolute atomic E-state index is 0.178. The second-order valence-electron chi connectivity index (χ2n) is 2.85. The van der Waals surface area contributed by atoms with Gasteiger partial charge in [0.05, 0.1) is 23.7 Å². The molecule has 0 N–H and O–H groups in total. The van der Waals surface area contributed by atoms with Gasteiger partial charge in [-0.1, -0.05) is 0 Å². The Morgan fingerprint density at radius 1 is 1.50 bits per heavy atom. The first-order valence-corrected chi connectivity index (χ1v) is 4.00. The van der Waals surface area contributed by atoms with Gasteiger partial charge in [-0.05, 0) is 18.6 Å². The van der Waals surface area contributed by atoms with E-state index in [0.717, 1.165) is 5.56 Å². The maximum Gasteiger partial charge on any atom is 0.278 e. The van der Waals surface area contributed by atoms with Crippen LogP contribution >= 0.6 is 0 Å². The third kappa shape index (κ3) is 1.82. The predicted octanol–water partition coefficient (Wildman–Crippen LogP) is 1.84. The molecule has 0 aliphatic rings. The predicted molar refractivity (Wildman–Crippen MR) is 48.8 cm³/mol. The molecule has 1 aromatic rings. The van der Waals surface area contributed by atoms with Gasteiger partial charge in [0.2, 0.25) is 0 Å². The van der Waals surface area contributed by atoms with Crippen LogP contribution in [0.5, 0.6) is 5.75 Å². The maximum absolute atomic E-state index is 10.7. The topological polar surface area (TPSA) is 72.3 Å². The van der Waals surface area contributed by atoms with Crippen LogP contribution in [0, 0.1) is 17.0 Å². The Morgan fingerprint density at radius 3 is 2.57 bits per heavy atom. The fourth-order valence-electron chi connectivity index (χ4n) is 1.24. The molecule has 1 aromatic carbocycles. The Labute approximate surface area is 81.1 Å². The summed E-state index contributed by atoms with van der Waals surface area (Å²) in [7, 11) is 1.43. The summed E-state index contributed by atoms with van der Waals surface area (Å²) in [6.45, 7) is 1.14. The van der Waals surface area contributed by atoms with Gasteiger partial charge in [0.15, 0.2) is 0 Å². The van der Waals surface area contributed by atoms with Crippen LogP contribution in [0.1, 0.15) is 11.1 Å². The van der Waals surface area contributed by atoms with E-state index in [1.54, 1.807) is 6.92 Å². The number of aryl methyl sites for hydroxylation is 1. The minimum Gasteiger partial charge on any atom is -0.496 e. The van der Waals surface area contributed by atoms with E-state index >= 15 is 0 Å². The molecule has 1 radical (unpaired) electrons. The van der Waals surface area contributed by atoms with Crippen molar-refractivity contribution >= 4 is 5.69 Å². The van der Waals surface area contributed by atoms with E-state index in [1.807, 2.05) is 0 Å².